The maximum Gasteiger partial charge on any atom is 0.313 e. The molecule has 0 aliphatic rings. The van der Waals surface area contributed by atoms with Crippen molar-refractivity contribution in [3.8, 4) is 0 Å². The SMILES string of the molecule is CC(=O)CC(=O)OCCN(C)Cc1ccc(C(C)=O)cc1. The van der Waals surface area contributed by atoms with Gasteiger partial charge < -0.3 is 4.74 Å². The monoisotopic (exact) mass is 291 g/mol. The van der Waals surface area contributed by atoms with Crippen LogP contribution in [0.15, 0.2) is 24.3 Å². The smallest absolute Gasteiger partial charge is 0.313 e. The predicted octanol–water partition coefficient (Wildman–Crippen LogP) is 1.84. The van der Waals surface area contributed by atoms with Gasteiger partial charge in [-0.05, 0) is 26.5 Å². The van der Waals surface area contributed by atoms with Gasteiger partial charge in [0.1, 0.15) is 18.8 Å². The fraction of sp³-hybridized carbons (Fsp3) is 0.438. The van der Waals surface area contributed by atoms with Crippen LogP contribution in [0, 0.1) is 0 Å². The molecular weight excluding hydrogens is 270 g/mol. The predicted molar refractivity (Wildman–Crippen MR) is 79.0 cm³/mol. The molecule has 0 bridgehead atoms. The van der Waals surface area contributed by atoms with Crippen LogP contribution < -0.4 is 0 Å². The number of esters is 1. The Morgan fingerprint density at radius 1 is 1.10 bits per heavy atom. The van der Waals surface area contributed by atoms with Gasteiger partial charge in [0, 0.05) is 18.7 Å². The Morgan fingerprint density at radius 2 is 1.71 bits per heavy atom. The minimum Gasteiger partial charge on any atom is -0.464 e. The summed E-state index contributed by atoms with van der Waals surface area (Å²) >= 11 is 0. The third-order valence-electron chi connectivity index (χ3n) is 2.94. The summed E-state index contributed by atoms with van der Waals surface area (Å²) in [6, 6.07) is 7.43. The van der Waals surface area contributed by atoms with Gasteiger partial charge in [-0.2, -0.15) is 0 Å². The number of nitrogens with zero attached hydrogens (tertiary/aromatic N) is 1. The summed E-state index contributed by atoms with van der Waals surface area (Å²) in [6.45, 7) is 4.43. The van der Waals surface area contributed by atoms with Gasteiger partial charge in [-0.3, -0.25) is 19.3 Å². The van der Waals surface area contributed by atoms with E-state index >= 15 is 0 Å². The Hall–Kier alpha value is -2.01. The molecule has 0 heterocycles. The number of carbonyl (C=O) groups excluding carboxylic acids is 3. The first-order chi connectivity index (χ1) is 9.88. The second-order valence-electron chi connectivity index (χ2n) is 5.09. The molecule has 5 nitrogen and oxygen atoms in total. The van der Waals surface area contributed by atoms with E-state index < -0.39 is 5.97 Å². The van der Waals surface area contributed by atoms with Gasteiger partial charge in [0.05, 0.1) is 0 Å². The highest BCUT2D eigenvalue weighted by Crippen LogP contribution is 2.07. The molecule has 21 heavy (non-hydrogen) atoms. The molecule has 0 saturated carbocycles. The summed E-state index contributed by atoms with van der Waals surface area (Å²) in [6.07, 6.45) is -0.170. The van der Waals surface area contributed by atoms with E-state index in [1.54, 1.807) is 12.1 Å². The van der Waals surface area contributed by atoms with Gasteiger partial charge in [-0.15, -0.1) is 0 Å². The highest BCUT2D eigenvalue weighted by atomic mass is 16.5. The number of benzene rings is 1. The minimum absolute atomic E-state index is 0.0484. The summed E-state index contributed by atoms with van der Waals surface area (Å²) in [5.74, 6) is -0.632. The fourth-order valence-electron chi connectivity index (χ4n) is 1.81. The van der Waals surface area contributed by atoms with Crippen molar-refractivity contribution in [2.75, 3.05) is 20.2 Å². The third-order valence-corrected chi connectivity index (χ3v) is 2.94. The lowest BCUT2D eigenvalue weighted by Crippen LogP contribution is -2.24. The van der Waals surface area contributed by atoms with Gasteiger partial charge in [-0.25, -0.2) is 0 Å². The number of Topliss-reactive ketones (excluding diaryl/α,β-unsaturated/α-hetero) is 2. The Kier molecular flexibility index (Phi) is 6.75. The van der Waals surface area contributed by atoms with Gasteiger partial charge in [0.25, 0.3) is 0 Å². The van der Waals surface area contributed by atoms with Crippen LogP contribution in [0.4, 0.5) is 0 Å². The molecule has 1 rings (SSSR count). The summed E-state index contributed by atoms with van der Waals surface area (Å²) in [5, 5.41) is 0. The van der Waals surface area contributed by atoms with E-state index in [0.717, 1.165) is 5.56 Å². The number of ether oxygens (including phenoxy) is 1. The van der Waals surface area contributed by atoms with Crippen molar-refractivity contribution in [3.63, 3.8) is 0 Å². The van der Waals surface area contributed by atoms with Gasteiger partial charge in [0.2, 0.25) is 0 Å². The van der Waals surface area contributed by atoms with Crippen LogP contribution in [-0.4, -0.2) is 42.6 Å². The molecule has 0 atom stereocenters. The summed E-state index contributed by atoms with van der Waals surface area (Å²) in [7, 11) is 1.91. The van der Waals surface area contributed by atoms with Crippen LogP contribution in [0.3, 0.4) is 0 Å². The zero-order valence-corrected chi connectivity index (χ0v) is 12.7. The molecule has 114 valence electrons. The summed E-state index contributed by atoms with van der Waals surface area (Å²) < 4.78 is 4.97. The van der Waals surface area contributed by atoms with E-state index in [2.05, 4.69) is 0 Å². The van der Waals surface area contributed by atoms with Crippen molar-refractivity contribution >= 4 is 17.5 Å². The third kappa shape index (κ3) is 6.81. The van der Waals surface area contributed by atoms with E-state index in [4.69, 9.17) is 4.74 Å². The largest absolute Gasteiger partial charge is 0.464 e. The molecule has 5 heteroatoms. The first kappa shape index (κ1) is 17.0. The Balaban J connectivity index is 2.33. The Labute approximate surface area is 124 Å². The summed E-state index contributed by atoms with van der Waals surface area (Å²) in [5.41, 5.74) is 1.78. The number of carbonyl (C=O) groups is 3. The number of ketones is 2. The molecule has 0 saturated heterocycles. The Morgan fingerprint density at radius 3 is 2.24 bits per heavy atom. The number of hydrogen-bond donors (Lipinski definition) is 0. The first-order valence-electron chi connectivity index (χ1n) is 6.82. The maximum atomic E-state index is 11.2. The molecule has 1 aromatic rings. The van der Waals surface area contributed by atoms with Crippen LogP contribution in [-0.2, 0) is 20.9 Å². The number of rotatable bonds is 8. The lowest BCUT2D eigenvalue weighted by molar-refractivity contribution is -0.146. The molecule has 0 spiro atoms. The second kappa shape index (κ2) is 8.32. The molecule has 0 aliphatic carbocycles. The first-order valence-corrected chi connectivity index (χ1v) is 6.82. The number of hydrogen-bond acceptors (Lipinski definition) is 5. The zero-order valence-electron chi connectivity index (χ0n) is 12.7. The molecule has 0 radical (unpaired) electrons. The quantitative estimate of drug-likeness (QED) is 0.415. The van der Waals surface area contributed by atoms with Crippen molar-refractivity contribution < 1.29 is 19.1 Å². The average molecular weight is 291 g/mol. The van der Waals surface area contributed by atoms with Crippen molar-refractivity contribution in [3.05, 3.63) is 35.4 Å². The molecule has 0 fully saturated rings. The van der Waals surface area contributed by atoms with E-state index in [1.807, 2.05) is 24.1 Å². The summed E-state index contributed by atoms with van der Waals surface area (Å²) in [4.78, 5) is 35.1. The topological polar surface area (TPSA) is 63.7 Å². The van der Waals surface area contributed by atoms with Gasteiger partial charge in [-0.1, -0.05) is 24.3 Å². The van der Waals surface area contributed by atoms with Gasteiger partial charge in [0.15, 0.2) is 5.78 Å². The van der Waals surface area contributed by atoms with E-state index in [9.17, 15) is 14.4 Å². The van der Waals surface area contributed by atoms with E-state index in [-0.39, 0.29) is 24.6 Å². The van der Waals surface area contributed by atoms with Crippen LogP contribution in [0.2, 0.25) is 0 Å². The molecular formula is C16H21NO4. The van der Waals surface area contributed by atoms with Crippen LogP contribution in [0.25, 0.3) is 0 Å². The van der Waals surface area contributed by atoms with E-state index in [1.165, 1.54) is 13.8 Å². The Bertz CT molecular complexity index is 508. The molecule has 0 aromatic heterocycles. The minimum atomic E-state index is -0.485. The van der Waals surface area contributed by atoms with Crippen LogP contribution >= 0.6 is 0 Å². The van der Waals surface area contributed by atoms with E-state index in [0.29, 0.717) is 18.7 Å². The van der Waals surface area contributed by atoms with Gasteiger partial charge >= 0.3 is 5.97 Å². The maximum absolute atomic E-state index is 11.2. The van der Waals surface area contributed by atoms with Crippen molar-refractivity contribution in [2.45, 2.75) is 26.8 Å². The zero-order chi connectivity index (χ0) is 15.8. The highest BCUT2D eigenvalue weighted by molar-refractivity contribution is 5.94. The van der Waals surface area contributed by atoms with Crippen molar-refractivity contribution in [1.29, 1.82) is 0 Å². The number of likely N-dealkylation sites (N-methyl/N-ethyl adjacent to an activating group) is 1. The molecule has 0 N–H and O–H groups in total. The molecule has 1 aromatic carbocycles. The van der Waals surface area contributed by atoms with Crippen LogP contribution in [0.5, 0.6) is 0 Å². The van der Waals surface area contributed by atoms with Crippen molar-refractivity contribution in [2.24, 2.45) is 0 Å². The average Bonchev–Trinajstić information content (AvgIpc) is 2.38. The normalized spacial score (nSPS) is 10.5. The lowest BCUT2D eigenvalue weighted by Gasteiger charge is -2.16. The highest BCUT2D eigenvalue weighted by Gasteiger charge is 2.07. The second-order valence-corrected chi connectivity index (χ2v) is 5.09. The fourth-order valence-corrected chi connectivity index (χ4v) is 1.81. The standard InChI is InChI=1S/C16H21NO4/c1-12(18)10-16(20)21-9-8-17(3)11-14-4-6-15(7-5-14)13(2)19/h4-7H,8-11H2,1-3H3. The molecule has 0 amide bonds. The van der Waals surface area contributed by atoms with Crippen LogP contribution in [0.1, 0.15) is 36.2 Å². The molecule has 0 aliphatic heterocycles. The lowest BCUT2D eigenvalue weighted by atomic mass is 10.1. The van der Waals surface area contributed by atoms with Crippen molar-refractivity contribution in [1.82, 2.24) is 4.90 Å². The molecule has 0 unspecified atom stereocenters.